The van der Waals surface area contributed by atoms with E-state index in [0.717, 1.165) is 42.7 Å². The van der Waals surface area contributed by atoms with Crippen molar-refractivity contribution >= 4 is 11.6 Å². The van der Waals surface area contributed by atoms with Gasteiger partial charge in [-0.2, -0.15) is 0 Å². The molecule has 0 aliphatic carbocycles. The summed E-state index contributed by atoms with van der Waals surface area (Å²) in [6.07, 6.45) is 3.42. The van der Waals surface area contributed by atoms with Crippen LogP contribution in [-0.2, 0) is 4.79 Å². The number of aliphatic hydroxyl groups is 1. The van der Waals surface area contributed by atoms with Crippen LogP contribution in [0.3, 0.4) is 0 Å². The van der Waals surface area contributed by atoms with Gasteiger partial charge in [-0.15, -0.1) is 0 Å². The Morgan fingerprint density at radius 2 is 1.31 bits per heavy atom. The first-order valence-corrected chi connectivity index (χ1v) is 11.4. The minimum absolute atomic E-state index is 0.123. The van der Waals surface area contributed by atoms with Gasteiger partial charge in [-0.3, -0.25) is 14.6 Å². The minimum Gasteiger partial charge on any atom is -0.509 e. The number of amides is 1. The lowest BCUT2D eigenvalue weighted by Crippen LogP contribution is -2.38. The molecule has 1 fully saturated rings. The zero-order valence-corrected chi connectivity index (χ0v) is 18.1. The summed E-state index contributed by atoms with van der Waals surface area (Å²) in [5, 5.41) is 11.7. The lowest BCUT2D eigenvalue weighted by atomic mass is 9.93. The number of rotatable bonds is 5. The first kappa shape index (κ1) is 20.5. The molecule has 1 amide bonds. The summed E-state index contributed by atoms with van der Waals surface area (Å²) in [5.41, 5.74) is 3.24. The van der Waals surface area contributed by atoms with E-state index in [9.17, 15) is 9.90 Å². The SMILES string of the molecule is O=C1C(C(c2ccccc2)N2CCCCC2)=C(O)C(c2ccccc2)N1c1ccccc1. The Morgan fingerprint density at radius 3 is 1.94 bits per heavy atom. The average molecular weight is 425 g/mol. The Labute approximate surface area is 189 Å². The van der Waals surface area contributed by atoms with Crippen LogP contribution in [0.5, 0.6) is 0 Å². The maximum absolute atomic E-state index is 14.0. The summed E-state index contributed by atoms with van der Waals surface area (Å²) in [6, 6.07) is 28.8. The summed E-state index contributed by atoms with van der Waals surface area (Å²) < 4.78 is 0. The lowest BCUT2D eigenvalue weighted by molar-refractivity contribution is -0.115. The van der Waals surface area contributed by atoms with Gasteiger partial charge in [-0.25, -0.2) is 0 Å². The van der Waals surface area contributed by atoms with Gasteiger partial charge in [0.15, 0.2) is 0 Å². The fourth-order valence-electron chi connectivity index (χ4n) is 5.05. The van der Waals surface area contributed by atoms with E-state index in [2.05, 4.69) is 17.0 Å². The molecule has 0 aromatic heterocycles. The van der Waals surface area contributed by atoms with Gasteiger partial charge in [0.05, 0.1) is 11.6 Å². The molecule has 4 heteroatoms. The van der Waals surface area contributed by atoms with Crippen LogP contribution in [0.1, 0.15) is 42.5 Å². The molecule has 2 heterocycles. The third-order valence-corrected chi connectivity index (χ3v) is 6.54. The molecule has 3 aromatic carbocycles. The molecule has 2 aliphatic heterocycles. The smallest absolute Gasteiger partial charge is 0.260 e. The molecular formula is C28H28N2O2. The maximum atomic E-state index is 14.0. The van der Waals surface area contributed by atoms with E-state index < -0.39 is 6.04 Å². The summed E-state index contributed by atoms with van der Waals surface area (Å²) in [6.45, 7) is 1.84. The van der Waals surface area contributed by atoms with Crippen LogP contribution in [0.25, 0.3) is 0 Å². The third-order valence-electron chi connectivity index (χ3n) is 6.54. The molecule has 0 saturated carbocycles. The molecule has 0 radical (unpaired) electrons. The predicted octanol–water partition coefficient (Wildman–Crippen LogP) is 5.81. The van der Waals surface area contributed by atoms with Crippen LogP contribution in [0.2, 0.25) is 0 Å². The highest BCUT2D eigenvalue weighted by molar-refractivity contribution is 6.10. The van der Waals surface area contributed by atoms with E-state index in [-0.39, 0.29) is 17.7 Å². The number of anilines is 1. The zero-order valence-electron chi connectivity index (χ0n) is 18.1. The predicted molar refractivity (Wildman–Crippen MR) is 127 cm³/mol. The number of aliphatic hydroxyl groups excluding tert-OH is 1. The summed E-state index contributed by atoms with van der Waals surface area (Å²) in [7, 11) is 0. The van der Waals surface area contributed by atoms with E-state index in [4.69, 9.17) is 0 Å². The van der Waals surface area contributed by atoms with E-state index >= 15 is 0 Å². The summed E-state index contributed by atoms with van der Waals surface area (Å²) >= 11 is 0. The van der Waals surface area contributed by atoms with E-state index in [1.807, 2.05) is 78.9 Å². The number of carbonyl (C=O) groups excluding carboxylic acids is 1. The largest absolute Gasteiger partial charge is 0.509 e. The first-order chi connectivity index (χ1) is 15.8. The molecule has 2 atom stereocenters. The van der Waals surface area contributed by atoms with Crippen LogP contribution < -0.4 is 4.90 Å². The molecule has 1 N–H and O–H groups in total. The van der Waals surface area contributed by atoms with Crippen molar-refractivity contribution < 1.29 is 9.90 Å². The fourth-order valence-corrected chi connectivity index (χ4v) is 5.05. The minimum atomic E-state index is -0.530. The van der Waals surface area contributed by atoms with Crippen molar-refractivity contribution in [2.24, 2.45) is 0 Å². The Morgan fingerprint density at radius 1 is 0.750 bits per heavy atom. The molecule has 3 aromatic rings. The number of benzene rings is 3. The zero-order chi connectivity index (χ0) is 21.9. The first-order valence-electron chi connectivity index (χ1n) is 11.4. The van der Waals surface area contributed by atoms with Crippen LogP contribution in [0.4, 0.5) is 5.69 Å². The van der Waals surface area contributed by atoms with Gasteiger partial charge in [-0.05, 0) is 49.2 Å². The van der Waals surface area contributed by atoms with E-state index in [1.54, 1.807) is 4.90 Å². The van der Waals surface area contributed by atoms with Gasteiger partial charge < -0.3 is 5.11 Å². The van der Waals surface area contributed by atoms with Gasteiger partial charge in [0, 0.05) is 5.69 Å². The standard InChI is InChI=1S/C28H28N2O2/c31-27-24(25(21-13-5-1-6-14-21)29-19-11-4-12-20-29)28(32)30(23-17-9-3-10-18-23)26(27)22-15-7-2-8-16-22/h1-3,5-10,13-18,25-26,31H,4,11-12,19-20H2. The molecule has 2 unspecified atom stereocenters. The van der Waals surface area contributed by atoms with Crippen molar-refractivity contribution in [3.8, 4) is 0 Å². The Kier molecular flexibility index (Phi) is 5.78. The maximum Gasteiger partial charge on any atom is 0.260 e. The van der Waals surface area contributed by atoms with Gasteiger partial charge >= 0.3 is 0 Å². The number of piperidine rings is 1. The molecule has 5 rings (SSSR count). The summed E-state index contributed by atoms with van der Waals surface area (Å²) in [4.78, 5) is 18.1. The van der Waals surface area contributed by atoms with Crippen molar-refractivity contribution in [1.29, 1.82) is 0 Å². The number of carbonyl (C=O) groups is 1. The van der Waals surface area contributed by atoms with Crippen LogP contribution >= 0.6 is 0 Å². The highest BCUT2D eigenvalue weighted by atomic mass is 16.3. The van der Waals surface area contributed by atoms with Crippen molar-refractivity contribution in [3.63, 3.8) is 0 Å². The lowest BCUT2D eigenvalue weighted by Gasteiger charge is -2.35. The second-order valence-electron chi connectivity index (χ2n) is 8.53. The highest BCUT2D eigenvalue weighted by Crippen LogP contribution is 2.45. The fraction of sp³-hybridized carbons (Fsp3) is 0.250. The van der Waals surface area contributed by atoms with Crippen LogP contribution in [0.15, 0.2) is 102 Å². The van der Waals surface area contributed by atoms with Gasteiger partial charge in [-0.1, -0.05) is 85.3 Å². The molecule has 0 spiro atoms. The summed E-state index contributed by atoms with van der Waals surface area (Å²) in [5.74, 6) is 0.0338. The number of para-hydroxylation sites is 1. The molecule has 162 valence electrons. The monoisotopic (exact) mass is 424 g/mol. The number of hydrogen-bond acceptors (Lipinski definition) is 3. The van der Waals surface area contributed by atoms with E-state index in [0.29, 0.717) is 5.57 Å². The third kappa shape index (κ3) is 3.71. The Hall–Kier alpha value is -3.37. The van der Waals surface area contributed by atoms with Gasteiger partial charge in [0.1, 0.15) is 11.8 Å². The van der Waals surface area contributed by atoms with Crippen molar-refractivity contribution in [2.45, 2.75) is 31.3 Å². The molecule has 2 aliphatic rings. The molecule has 32 heavy (non-hydrogen) atoms. The van der Waals surface area contributed by atoms with Crippen LogP contribution in [0, 0.1) is 0 Å². The number of likely N-dealkylation sites (tertiary alicyclic amines) is 1. The highest BCUT2D eigenvalue weighted by Gasteiger charge is 2.46. The van der Waals surface area contributed by atoms with Crippen molar-refractivity contribution in [3.05, 3.63) is 113 Å². The average Bonchev–Trinajstić information content (AvgIpc) is 3.12. The topological polar surface area (TPSA) is 43.8 Å². The quantitative estimate of drug-likeness (QED) is 0.562. The second kappa shape index (κ2) is 9.01. The number of hydrogen-bond donors (Lipinski definition) is 1. The molecule has 4 nitrogen and oxygen atoms in total. The van der Waals surface area contributed by atoms with Gasteiger partial charge in [0.2, 0.25) is 0 Å². The Balaban J connectivity index is 1.66. The Bertz CT molecular complexity index is 1090. The number of nitrogens with zero attached hydrogens (tertiary/aromatic N) is 2. The molecule has 1 saturated heterocycles. The van der Waals surface area contributed by atoms with Crippen molar-refractivity contribution in [2.75, 3.05) is 18.0 Å². The second-order valence-corrected chi connectivity index (χ2v) is 8.53. The van der Waals surface area contributed by atoms with E-state index in [1.165, 1.54) is 6.42 Å². The molecular weight excluding hydrogens is 396 g/mol. The normalized spacial score (nSPS) is 20.6. The van der Waals surface area contributed by atoms with Gasteiger partial charge in [0.25, 0.3) is 5.91 Å². The molecule has 0 bridgehead atoms. The van der Waals surface area contributed by atoms with Crippen molar-refractivity contribution in [1.82, 2.24) is 4.90 Å². The van der Waals surface area contributed by atoms with Crippen LogP contribution in [-0.4, -0.2) is 29.0 Å².